The van der Waals surface area contributed by atoms with Crippen LogP contribution in [0.3, 0.4) is 0 Å². The highest BCUT2D eigenvalue weighted by Gasteiger charge is 2.21. The molecule has 0 radical (unpaired) electrons. The van der Waals surface area contributed by atoms with Crippen LogP contribution in [0.1, 0.15) is 63.4 Å². The van der Waals surface area contributed by atoms with E-state index in [4.69, 9.17) is 0 Å². The second kappa shape index (κ2) is 7.78. The van der Waals surface area contributed by atoms with Gasteiger partial charge in [0.15, 0.2) is 5.13 Å². The first-order valence-corrected chi connectivity index (χ1v) is 9.51. The lowest BCUT2D eigenvalue weighted by Crippen LogP contribution is -2.36. The second-order valence-electron chi connectivity index (χ2n) is 6.57. The van der Waals surface area contributed by atoms with Gasteiger partial charge in [0.25, 0.3) is 11.8 Å². The molecule has 1 aliphatic carbocycles. The Hall–Kier alpha value is -2.21. The Morgan fingerprint density at radius 3 is 2.60 bits per heavy atom. The van der Waals surface area contributed by atoms with Gasteiger partial charge in [-0.25, -0.2) is 4.98 Å². The average Bonchev–Trinajstić information content (AvgIpc) is 2.96. The highest BCUT2D eigenvalue weighted by molar-refractivity contribution is 7.17. The number of aromatic nitrogens is 1. The van der Waals surface area contributed by atoms with Gasteiger partial charge in [0.1, 0.15) is 4.88 Å². The van der Waals surface area contributed by atoms with Gasteiger partial charge in [0.05, 0.1) is 5.69 Å². The zero-order valence-electron chi connectivity index (χ0n) is 14.6. The fraction of sp³-hybridized carbons (Fsp3) is 0.421. The predicted octanol–water partition coefficient (Wildman–Crippen LogP) is 4.07. The SMILES string of the molecule is Cc1cccc(C(=O)Nc2nc(C)c(C(=O)NC3CCCCC3)s2)c1. The summed E-state index contributed by atoms with van der Waals surface area (Å²) in [7, 11) is 0. The van der Waals surface area contributed by atoms with Crippen LogP contribution in [-0.2, 0) is 0 Å². The highest BCUT2D eigenvalue weighted by atomic mass is 32.1. The third-order valence-electron chi connectivity index (χ3n) is 4.44. The number of hydrogen-bond acceptors (Lipinski definition) is 4. The number of rotatable bonds is 4. The molecule has 0 unspecified atom stereocenters. The van der Waals surface area contributed by atoms with E-state index in [1.165, 1.54) is 30.6 Å². The third-order valence-corrected chi connectivity index (χ3v) is 5.52. The number of nitrogens with zero attached hydrogens (tertiary/aromatic N) is 1. The van der Waals surface area contributed by atoms with Gasteiger partial charge in [0, 0.05) is 11.6 Å². The number of hydrogen-bond donors (Lipinski definition) is 2. The van der Waals surface area contributed by atoms with E-state index >= 15 is 0 Å². The number of benzene rings is 1. The molecule has 0 bridgehead atoms. The largest absolute Gasteiger partial charge is 0.349 e. The van der Waals surface area contributed by atoms with E-state index in [0.717, 1.165) is 18.4 Å². The maximum Gasteiger partial charge on any atom is 0.263 e. The van der Waals surface area contributed by atoms with Crippen LogP contribution in [0.4, 0.5) is 5.13 Å². The van der Waals surface area contributed by atoms with Crippen molar-refractivity contribution < 1.29 is 9.59 Å². The molecule has 5 nitrogen and oxygen atoms in total. The molecule has 25 heavy (non-hydrogen) atoms. The predicted molar refractivity (Wildman–Crippen MR) is 100 cm³/mol. The van der Waals surface area contributed by atoms with Gasteiger partial charge in [-0.3, -0.25) is 14.9 Å². The molecule has 6 heteroatoms. The van der Waals surface area contributed by atoms with E-state index in [-0.39, 0.29) is 17.9 Å². The van der Waals surface area contributed by atoms with Gasteiger partial charge in [-0.15, -0.1) is 0 Å². The second-order valence-corrected chi connectivity index (χ2v) is 7.56. The Balaban J connectivity index is 1.67. The van der Waals surface area contributed by atoms with Gasteiger partial charge in [-0.1, -0.05) is 48.3 Å². The number of aryl methyl sites for hydroxylation is 2. The first-order chi connectivity index (χ1) is 12.0. The number of anilines is 1. The van der Waals surface area contributed by atoms with Gasteiger partial charge in [0.2, 0.25) is 0 Å². The summed E-state index contributed by atoms with van der Waals surface area (Å²) in [6.45, 7) is 3.74. The number of nitrogens with one attached hydrogen (secondary N) is 2. The lowest BCUT2D eigenvalue weighted by atomic mass is 9.95. The molecule has 0 aliphatic heterocycles. The van der Waals surface area contributed by atoms with Crippen molar-refractivity contribution in [2.24, 2.45) is 0 Å². The zero-order chi connectivity index (χ0) is 17.8. The minimum absolute atomic E-state index is 0.0852. The summed E-state index contributed by atoms with van der Waals surface area (Å²) in [5.74, 6) is -0.297. The van der Waals surface area contributed by atoms with E-state index < -0.39 is 0 Å². The Morgan fingerprint density at radius 1 is 1.12 bits per heavy atom. The van der Waals surface area contributed by atoms with Gasteiger partial charge in [-0.2, -0.15) is 0 Å². The monoisotopic (exact) mass is 357 g/mol. The average molecular weight is 357 g/mol. The molecule has 2 amide bonds. The molecule has 0 spiro atoms. The lowest BCUT2D eigenvalue weighted by Gasteiger charge is -2.22. The van der Waals surface area contributed by atoms with E-state index in [9.17, 15) is 9.59 Å². The van der Waals surface area contributed by atoms with Crippen molar-refractivity contribution in [2.75, 3.05) is 5.32 Å². The molecule has 3 rings (SSSR count). The Morgan fingerprint density at radius 2 is 1.88 bits per heavy atom. The van der Waals surface area contributed by atoms with E-state index in [2.05, 4.69) is 15.6 Å². The Labute approximate surface area is 151 Å². The standard InChI is InChI=1S/C19H23N3O2S/c1-12-7-6-8-14(11-12)17(23)22-19-20-13(2)16(25-19)18(24)21-15-9-4-3-5-10-15/h6-8,11,15H,3-5,9-10H2,1-2H3,(H,21,24)(H,20,22,23). The van der Waals surface area contributed by atoms with Crippen molar-refractivity contribution in [3.8, 4) is 0 Å². The summed E-state index contributed by atoms with van der Waals surface area (Å²) in [5.41, 5.74) is 2.26. The van der Waals surface area contributed by atoms with Crippen LogP contribution in [0.15, 0.2) is 24.3 Å². The van der Waals surface area contributed by atoms with Crippen molar-refractivity contribution in [1.82, 2.24) is 10.3 Å². The molecule has 1 heterocycles. The van der Waals surface area contributed by atoms with Gasteiger partial charge < -0.3 is 5.32 Å². The fourth-order valence-corrected chi connectivity index (χ4v) is 3.98. The summed E-state index contributed by atoms with van der Waals surface area (Å²) in [6.07, 6.45) is 5.68. The topological polar surface area (TPSA) is 71.1 Å². The molecule has 1 saturated carbocycles. The first-order valence-electron chi connectivity index (χ1n) is 8.69. The van der Waals surface area contributed by atoms with Crippen LogP contribution in [0.2, 0.25) is 0 Å². The minimum atomic E-state index is -0.211. The van der Waals surface area contributed by atoms with Crippen molar-refractivity contribution in [3.63, 3.8) is 0 Å². The normalized spacial score (nSPS) is 15.0. The molecular formula is C19H23N3O2S. The van der Waals surface area contributed by atoms with Crippen molar-refractivity contribution in [1.29, 1.82) is 0 Å². The number of carbonyl (C=O) groups excluding carboxylic acids is 2. The van der Waals surface area contributed by atoms with E-state index in [0.29, 0.717) is 21.3 Å². The zero-order valence-corrected chi connectivity index (χ0v) is 15.4. The molecule has 0 atom stereocenters. The highest BCUT2D eigenvalue weighted by Crippen LogP contribution is 2.24. The minimum Gasteiger partial charge on any atom is -0.349 e. The summed E-state index contributed by atoms with van der Waals surface area (Å²) >= 11 is 1.23. The maximum absolute atomic E-state index is 12.5. The van der Waals surface area contributed by atoms with Crippen LogP contribution < -0.4 is 10.6 Å². The molecule has 0 saturated heterocycles. The summed E-state index contributed by atoms with van der Waals surface area (Å²) in [6, 6.07) is 7.64. The number of amides is 2. The summed E-state index contributed by atoms with van der Waals surface area (Å²) in [4.78, 5) is 29.7. The quantitative estimate of drug-likeness (QED) is 0.866. The summed E-state index contributed by atoms with van der Waals surface area (Å²) in [5, 5.41) is 6.35. The molecule has 1 fully saturated rings. The van der Waals surface area contributed by atoms with Crippen LogP contribution in [0, 0.1) is 13.8 Å². The third kappa shape index (κ3) is 4.45. The van der Waals surface area contributed by atoms with Crippen LogP contribution >= 0.6 is 11.3 Å². The molecule has 132 valence electrons. The van der Waals surface area contributed by atoms with Crippen molar-refractivity contribution in [3.05, 3.63) is 46.0 Å². The maximum atomic E-state index is 12.5. The van der Waals surface area contributed by atoms with Crippen LogP contribution in [-0.4, -0.2) is 22.8 Å². The number of carbonyl (C=O) groups is 2. The van der Waals surface area contributed by atoms with E-state index in [1.54, 1.807) is 13.0 Å². The van der Waals surface area contributed by atoms with Crippen LogP contribution in [0.5, 0.6) is 0 Å². The van der Waals surface area contributed by atoms with Gasteiger partial charge >= 0.3 is 0 Å². The van der Waals surface area contributed by atoms with E-state index in [1.807, 2.05) is 25.1 Å². The molecule has 1 aromatic heterocycles. The fourth-order valence-electron chi connectivity index (χ4n) is 3.11. The van der Waals surface area contributed by atoms with Crippen molar-refractivity contribution in [2.45, 2.75) is 52.0 Å². The van der Waals surface area contributed by atoms with Crippen LogP contribution in [0.25, 0.3) is 0 Å². The molecule has 2 aromatic rings. The Bertz CT molecular complexity index is 779. The molecular weight excluding hydrogens is 334 g/mol. The Kier molecular flexibility index (Phi) is 5.48. The van der Waals surface area contributed by atoms with Gasteiger partial charge in [-0.05, 0) is 38.8 Å². The lowest BCUT2D eigenvalue weighted by molar-refractivity contribution is 0.0930. The summed E-state index contributed by atoms with van der Waals surface area (Å²) < 4.78 is 0. The first kappa shape index (κ1) is 17.6. The smallest absolute Gasteiger partial charge is 0.263 e. The molecule has 1 aromatic carbocycles. The molecule has 1 aliphatic rings. The van der Waals surface area contributed by atoms with Crippen molar-refractivity contribution >= 4 is 28.3 Å². The number of thiazole rings is 1. The molecule has 2 N–H and O–H groups in total.